The van der Waals surface area contributed by atoms with Crippen LogP contribution >= 0.6 is 11.8 Å². The van der Waals surface area contributed by atoms with E-state index in [1.165, 1.54) is 9.80 Å². The number of nitrogens with zero attached hydrogens (tertiary/aromatic N) is 1. The first-order valence-electron chi connectivity index (χ1n) is 8.51. The largest absolute Gasteiger partial charge is 0.351 e. The fourth-order valence-electron chi connectivity index (χ4n) is 2.70. The first-order valence-corrected chi connectivity index (χ1v) is 9.50. The molecule has 5 nitrogen and oxygen atoms in total. The molecule has 0 aliphatic carbocycles. The van der Waals surface area contributed by atoms with E-state index in [0.29, 0.717) is 24.9 Å². The predicted octanol–water partition coefficient (Wildman–Crippen LogP) is 2.86. The second-order valence-electron chi connectivity index (χ2n) is 5.99. The lowest BCUT2D eigenvalue weighted by Gasteiger charge is -2.14. The van der Waals surface area contributed by atoms with Crippen molar-refractivity contribution in [2.75, 3.05) is 12.3 Å². The Morgan fingerprint density at radius 2 is 1.62 bits per heavy atom. The third-order valence-corrected chi connectivity index (χ3v) is 5.12. The quantitative estimate of drug-likeness (QED) is 0.464. The highest BCUT2D eigenvalue weighted by atomic mass is 32.2. The molecule has 1 N–H and O–H groups in total. The van der Waals surface area contributed by atoms with Gasteiger partial charge < -0.3 is 5.32 Å². The van der Waals surface area contributed by atoms with Crippen molar-refractivity contribution in [3.63, 3.8) is 0 Å². The molecule has 1 aliphatic heterocycles. The van der Waals surface area contributed by atoms with Crippen LogP contribution in [0.25, 0.3) is 0 Å². The number of hydrogen-bond acceptors (Lipinski definition) is 4. The van der Waals surface area contributed by atoms with Gasteiger partial charge in [-0.15, -0.1) is 11.8 Å². The van der Waals surface area contributed by atoms with Crippen LogP contribution in [0.5, 0.6) is 0 Å². The number of hydrogen-bond donors (Lipinski definition) is 1. The third-order valence-electron chi connectivity index (χ3n) is 4.11. The summed E-state index contributed by atoms with van der Waals surface area (Å²) in [5.74, 6) is 0.409. The van der Waals surface area contributed by atoms with Gasteiger partial charge in [0.1, 0.15) is 0 Å². The molecule has 0 spiro atoms. The summed E-state index contributed by atoms with van der Waals surface area (Å²) in [6.07, 6.45) is 0.584. The van der Waals surface area contributed by atoms with Crippen molar-refractivity contribution in [2.45, 2.75) is 24.3 Å². The smallest absolute Gasteiger partial charge is 0.251 e. The number of benzene rings is 2. The van der Waals surface area contributed by atoms with Gasteiger partial charge >= 0.3 is 0 Å². The highest BCUT2D eigenvalue weighted by molar-refractivity contribution is 7.99. The van der Waals surface area contributed by atoms with Crippen LogP contribution in [-0.2, 0) is 16.1 Å². The summed E-state index contributed by atoms with van der Waals surface area (Å²) in [6, 6.07) is 17.1. The fraction of sp³-hybridized carbons (Fsp3) is 0.250. The van der Waals surface area contributed by atoms with E-state index in [4.69, 9.17) is 0 Å². The first-order chi connectivity index (χ1) is 12.6. The molecule has 0 aromatic heterocycles. The van der Waals surface area contributed by atoms with Gasteiger partial charge in [-0.05, 0) is 29.8 Å². The SMILES string of the molecule is O=C(NCCSc1ccccc1)c1ccc(CN2C(=O)CCC2=O)cc1. The first kappa shape index (κ1) is 18.2. The molecule has 1 saturated heterocycles. The van der Waals surface area contributed by atoms with Gasteiger partial charge in [0.2, 0.25) is 11.8 Å². The van der Waals surface area contributed by atoms with Crippen molar-refractivity contribution in [3.8, 4) is 0 Å². The van der Waals surface area contributed by atoms with Gasteiger partial charge in [0, 0.05) is 35.6 Å². The minimum atomic E-state index is -0.132. The minimum absolute atomic E-state index is 0.126. The van der Waals surface area contributed by atoms with Crippen LogP contribution in [0.4, 0.5) is 0 Å². The zero-order chi connectivity index (χ0) is 18.4. The highest BCUT2D eigenvalue weighted by Gasteiger charge is 2.28. The minimum Gasteiger partial charge on any atom is -0.351 e. The van der Waals surface area contributed by atoms with E-state index in [-0.39, 0.29) is 24.3 Å². The molecule has 2 aromatic carbocycles. The Morgan fingerprint density at radius 1 is 0.962 bits per heavy atom. The Bertz CT molecular complexity index is 774. The monoisotopic (exact) mass is 368 g/mol. The second kappa shape index (κ2) is 8.67. The summed E-state index contributed by atoms with van der Waals surface area (Å²) in [4.78, 5) is 37.9. The molecule has 0 radical (unpaired) electrons. The third kappa shape index (κ3) is 4.73. The van der Waals surface area contributed by atoms with Crippen LogP contribution in [0.2, 0.25) is 0 Å². The van der Waals surface area contributed by atoms with Crippen molar-refractivity contribution < 1.29 is 14.4 Å². The predicted molar refractivity (Wildman–Crippen MR) is 101 cm³/mol. The van der Waals surface area contributed by atoms with E-state index in [1.807, 2.05) is 30.3 Å². The number of likely N-dealkylation sites (tertiary alicyclic amines) is 1. The number of amides is 3. The molecule has 3 amide bonds. The Labute approximate surface area is 156 Å². The fourth-order valence-corrected chi connectivity index (χ4v) is 3.48. The lowest BCUT2D eigenvalue weighted by molar-refractivity contribution is -0.139. The lowest BCUT2D eigenvalue weighted by atomic mass is 10.1. The maximum absolute atomic E-state index is 12.2. The van der Waals surface area contributed by atoms with Gasteiger partial charge in [-0.25, -0.2) is 0 Å². The Morgan fingerprint density at radius 3 is 2.27 bits per heavy atom. The average molecular weight is 368 g/mol. The van der Waals surface area contributed by atoms with Crippen molar-refractivity contribution >= 4 is 29.5 Å². The standard InChI is InChI=1S/C20H20N2O3S/c23-18-10-11-19(24)22(18)14-15-6-8-16(9-7-15)20(25)21-12-13-26-17-4-2-1-3-5-17/h1-9H,10-14H2,(H,21,25). The van der Waals surface area contributed by atoms with E-state index in [1.54, 1.807) is 36.0 Å². The number of rotatable bonds is 7. The molecular weight excluding hydrogens is 348 g/mol. The summed E-state index contributed by atoms with van der Waals surface area (Å²) in [6.45, 7) is 0.851. The molecule has 0 saturated carbocycles. The van der Waals surface area contributed by atoms with Crippen LogP contribution in [0.15, 0.2) is 59.5 Å². The zero-order valence-corrected chi connectivity index (χ0v) is 15.1. The number of carbonyl (C=O) groups is 3. The van der Waals surface area contributed by atoms with Gasteiger partial charge in [0.25, 0.3) is 5.91 Å². The van der Waals surface area contributed by atoms with Crippen LogP contribution < -0.4 is 5.32 Å². The number of nitrogens with one attached hydrogen (secondary N) is 1. The van der Waals surface area contributed by atoms with E-state index >= 15 is 0 Å². The summed E-state index contributed by atoms with van der Waals surface area (Å²) >= 11 is 1.69. The highest BCUT2D eigenvalue weighted by Crippen LogP contribution is 2.17. The number of carbonyl (C=O) groups excluding carboxylic acids is 3. The topological polar surface area (TPSA) is 66.5 Å². The van der Waals surface area contributed by atoms with Crippen molar-refractivity contribution in [1.82, 2.24) is 10.2 Å². The molecule has 1 heterocycles. The summed E-state index contributed by atoms with van der Waals surface area (Å²) < 4.78 is 0. The molecule has 1 aliphatic rings. The van der Waals surface area contributed by atoms with Gasteiger partial charge in [-0.2, -0.15) is 0 Å². The van der Waals surface area contributed by atoms with Gasteiger partial charge in [-0.3, -0.25) is 19.3 Å². The van der Waals surface area contributed by atoms with Crippen molar-refractivity contribution in [3.05, 3.63) is 65.7 Å². The summed E-state index contributed by atoms with van der Waals surface area (Å²) in [5, 5.41) is 2.90. The molecule has 26 heavy (non-hydrogen) atoms. The molecule has 6 heteroatoms. The van der Waals surface area contributed by atoms with E-state index < -0.39 is 0 Å². The maximum atomic E-state index is 12.2. The molecule has 0 atom stereocenters. The molecule has 1 fully saturated rings. The van der Waals surface area contributed by atoms with Gasteiger partial charge in [-0.1, -0.05) is 30.3 Å². The molecule has 0 unspecified atom stereocenters. The number of imide groups is 1. The van der Waals surface area contributed by atoms with Crippen LogP contribution in [0, 0.1) is 0 Å². The Hall–Kier alpha value is -2.60. The molecular formula is C20H20N2O3S. The molecule has 134 valence electrons. The van der Waals surface area contributed by atoms with E-state index in [2.05, 4.69) is 5.32 Å². The zero-order valence-electron chi connectivity index (χ0n) is 14.3. The van der Waals surface area contributed by atoms with E-state index in [0.717, 1.165) is 11.3 Å². The van der Waals surface area contributed by atoms with Gasteiger partial charge in [0.05, 0.1) is 6.54 Å². The Kier molecular flexibility index (Phi) is 6.07. The number of thioether (sulfide) groups is 1. The van der Waals surface area contributed by atoms with Crippen LogP contribution in [0.1, 0.15) is 28.8 Å². The average Bonchev–Trinajstić information content (AvgIpc) is 2.98. The normalized spacial score (nSPS) is 13.9. The second-order valence-corrected chi connectivity index (χ2v) is 7.16. The van der Waals surface area contributed by atoms with Gasteiger partial charge in [0.15, 0.2) is 0 Å². The van der Waals surface area contributed by atoms with Crippen LogP contribution in [-0.4, -0.2) is 34.9 Å². The van der Waals surface area contributed by atoms with Crippen LogP contribution in [0.3, 0.4) is 0 Å². The lowest BCUT2D eigenvalue weighted by Crippen LogP contribution is -2.28. The molecule has 3 rings (SSSR count). The molecule has 2 aromatic rings. The maximum Gasteiger partial charge on any atom is 0.251 e. The Balaban J connectivity index is 1.46. The van der Waals surface area contributed by atoms with Crippen molar-refractivity contribution in [1.29, 1.82) is 0 Å². The van der Waals surface area contributed by atoms with E-state index in [9.17, 15) is 14.4 Å². The summed E-state index contributed by atoms with van der Waals surface area (Å²) in [5.41, 5.74) is 1.40. The molecule has 0 bridgehead atoms. The summed E-state index contributed by atoms with van der Waals surface area (Å²) in [7, 11) is 0. The van der Waals surface area contributed by atoms with Crippen molar-refractivity contribution in [2.24, 2.45) is 0 Å².